The maximum absolute atomic E-state index is 10.5. The van der Waals surface area contributed by atoms with Gasteiger partial charge < -0.3 is 30.9 Å². The number of nitrogens with two attached hydrogens (primary N) is 1. The minimum atomic E-state index is -2.19. The smallest absolute Gasteiger partial charge is 0.240 e. The van der Waals surface area contributed by atoms with Crippen molar-refractivity contribution in [1.29, 1.82) is 0 Å². The van der Waals surface area contributed by atoms with Gasteiger partial charge >= 0.3 is 0 Å². The lowest BCUT2D eigenvalue weighted by Gasteiger charge is -2.25. The summed E-state index contributed by atoms with van der Waals surface area (Å²) in [6.07, 6.45) is -2.96. The monoisotopic (exact) mass is 282 g/mol. The summed E-state index contributed by atoms with van der Waals surface area (Å²) >= 11 is 0. The molecule has 1 unspecified atom stereocenters. The first-order valence-electron chi connectivity index (χ1n) is 5.95. The quantitative estimate of drug-likeness (QED) is 0.408. The van der Waals surface area contributed by atoms with E-state index in [0.29, 0.717) is 5.52 Å². The predicted octanol–water partition coefficient (Wildman–Crippen LogP) is -2.43. The Balaban J connectivity index is 2.13. The van der Waals surface area contributed by atoms with Gasteiger partial charge in [-0.2, -0.15) is 5.10 Å². The highest BCUT2D eigenvalue weighted by Crippen LogP contribution is 2.38. The van der Waals surface area contributed by atoms with Crippen molar-refractivity contribution in [3.05, 3.63) is 24.2 Å². The van der Waals surface area contributed by atoms with Crippen molar-refractivity contribution in [3.63, 3.8) is 0 Å². The third-order valence-corrected chi connectivity index (χ3v) is 3.47. The minimum absolute atomic E-state index is 0.0871. The zero-order valence-corrected chi connectivity index (χ0v) is 10.3. The number of nitrogen functional groups attached to an aromatic ring is 1. The molecule has 0 amide bonds. The second-order valence-corrected chi connectivity index (χ2v) is 4.63. The van der Waals surface area contributed by atoms with E-state index in [4.69, 9.17) is 15.6 Å². The van der Waals surface area contributed by atoms with Crippen LogP contribution in [0.4, 0.5) is 5.82 Å². The number of anilines is 1. The van der Waals surface area contributed by atoms with E-state index in [1.54, 1.807) is 6.07 Å². The van der Waals surface area contributed by atoms with Crippen LogP contribution in [0, 0.1) is 0 Å². The average Bonchev–Trinajstić information content (AvgIpc) is 2.96. The third-order valence-electron chi connectivity index (χ3n) is 3.47. The van der Waals surface area contributed by atoms with Crippen LogP contribution >= 0.6 is 0 Å². The van der Waals surface area contributed by atoms with Crippen molar-refractivity contribution < 1.29 is 25.2 Å². The molecule has 9 nitrogen and oxygen atoms in total. The molecule has 0 radical (unpaired) electrons. The number of aliphatic hydroxyl groups excluding tert-OH is 3. The lowest BCUT2D eigenvalue weighted by atomic mass is 10.0. The lowest BCUT2D eigenvalue weighted by molar-refractivity contribution is -0.243. The van der Waals surface area contributed by atoms with Crippen LogP contribution in [0.2, 0.25) is 0 Å². The molecule has 2 aromatic rings. The molecule has 2 aromatic heterocycles. The predicted molar refractivity (Wildman–Crippen MR) is 65.3 cm³/mol. The summed E-state index contributed by atoms with van der Waals surface area (Å²) in [7, 11) is 0. The van der Waals surface area contributed by atoms with Gasteiger partial charge in [-0.05, 0) is 12.1 Å². The first-order chi connectivity index (χ1) is 9.49. The average molecular weight is 282 g/mol. The summed E-state index contributed by atoms with van der Waals surface area (Å²) in [6.45, 7) is -0.541. The van der Waals surface area contributed by atoms with Crippen LogP contribution in [0.1, 0.15) is 5.69 Å². The van der Waals surface area contributed by atoms with E-state index in [-0.39, 0.29) is 11.5 Å². The number of nitrogens with zero attached hydrogens (tertiary/aromatic N) is 3. The molecule has 3 rings (SSSR count). The summed E-state index contributed by atoms with van der Waals surface area (Å²) in [5, 5.41) is 43.3. The summed E-state index contributed by atoms with van der Waals surface area (Å²) in [6, 6.07) is 3.01. The van der Waals surface area contributed by atoms with Gasteiger partial charge in [0.25, 0.3) is 0 Å². The molecule has 4 atom stereocenters. The fourth-order valence-corrected chi connectivity index (χ4v) is 2.39. The molecule has 1 saturated heterocycles. The van der Waals surface area contributed by atoms with Crippen LogP contribution in [0.25, 0.3) is 5.52 Å². The standard InChI is InChI=1S/C11H14N4O5/c12-10-5-1-2-7(15(5)14-4-13-10)11(19)9(18)8(17)6(3-16)20-11/h1-2,4,6,8-9,16-19H,3H2,(H2,12,13,14)/t6-,8-,9-,11?/m1/s1. The van der Waals surface area contributed by atoms with E-state index in [1.165, 1.54) is 16.9 Å². The zero-order chi connectivity index (χ0) is 14.5. The van der Waals surface area contributed by atoms with Crippen LogP contribution < -0.4 is 5.73 Å². The van der Waals surface area contributed by atoms with Gasteiger partial charge in [-0.3, -0.25) is 0 Å². The number of hydrogen-bond acceptors (Lipinski definition) is 8. The van der Waals surface area contributed by atoms with Crippen molar-refractivity contribution in [2.24, 2.45) is 0 Å². The van der Waals surface area contributed by atoms with Crippen LogP contribution in [-0.2, 0) is 10.5 Å². The van der Waals surface area contributed by atoms with Crippen molar-refractivity contribution in [2.75, 3.05) is 12.3 Å². The molecule has 3 heterocycles. The van der Waals surface area contributed by atoms with Crippen LogP contribution in [0.15, 0.2) is 18.5 Å². The molecule has 6 N–H and O–H groups in total. The van der Waals surface area contributed by atoms with Crippen LogP contribution in [-0.4, -0.2) is 59.9 Å². The van der Waals surface area contributed by atoms with Gasteiger partial charge in [-0.25, -0.2) is 9.50 Å². The summed E-state index contributed by atoms with van der Waals surface area (Å²) in [5.74, 6) is -2.00. The van der Waals surface area contributed by atoms with Crippen LogP contribution in [0.3, 0.4) is 0 Å². The Morgan fingerprint density at radius 3 is 2.80 bits per heavy atom. The van der Waals surface area contributed by atoms with Gasteiger partial charge in [0.1, 0.15) is 35.8 Å². The van der Waals surface area contributed by atoms with Gasteiger partial charge in [0.15, 0.2) is 5.82 Å². The highest BCUT2D eigenvalue weighted by atomic mass is 16.7. The van der Waals surface area contributed by atoms with Crippen LogP contribution in [0.5, 0.6) is 0 Å². The van der Waals surface area contributed by atoms with E-state index >= 15 is 0 Å². The molecular weight excluding hydrogens is 268 g/mol. The number of hydrogen-bond donors (Lipinski definition) is 5. The number of aromatic nitrogens is 3. The van der Waals surface area contributed by atoms with Crippen molar-refractivity contribution in [2.45, 2.75) is 24.1 Å². The van der Waals surface area contributed by atoms with Crippen molar-refractivity contribution in [3.8, 4) is 0 Å². The fourth-order valence-electron chi connectivity index (χ4n) is 2.39. The van der Waals surface area contributed by atoms with Gasteiger partial charge in [0.2, 0.25) is 5.79 Å². The Morgan fingerprint density at radius 2 is 2.15 bits per heavy atom. The number of fused-ring (bicyclic) bond motifs is 1. The number of rotatable bonds is 2. The topological polar surface area (TPSA) is 146 Å². The lowest BCUT2D eigenvalue weighted by Crippen LogP contribution is -2.41. The Bertz CT molecular complexity index is 647. The molecule has 0 aromatic carbocycles. The second kappa shape index (κ2) is 4.36. The molecular formula is C11H14N4O5. The third kappa shape index (κ3) is 1.62. The summed E-state index contributed by atoms with van der Waals surface area (Å²) < 4.78 is 6.46. The van der Waals surface area contributed by atoms with Crippen molar-refractivity contribution in [1.82, 2.24) is 14.6 Å². The Hall–Kier alpha value is -1.78. The zero-order valence-electron chi connectivity index (χ0n) is 10.3. The van der Waals surface area contributed by atoms with E-state index in [2.05, 4.69) is 10.1 Å². The molecule has 0 spiro atoms. The summed E-state index contributed by atoms with van der Waals surface area (Å²) in [5.41, 5.74) is 6.19. The molecule has 20 heavy (non-hydrogen) atoms. The molecule has 0 saturated carbocycles. The van der Waals surface area contributed by atoms with Crippen molar-refractivity contribution >= 4 is 11.3 Å². The minimum Gasteiger partial charge on any atom is -0.394 e. The van der Waals surface area contributed by atoms with Gasteiger partial charge in [0.05, 0.1) is 6.61 Å². The first-order valence-corrected chi connectivity index (χ1v) is 5.95. The van der Waals surface area contributed by atoms with E-state index in [1.807, 2.05) is 0 Å². The molecule has 1 aliphatic rings. The van der Waals surface area contributed by atoms with E-state index < -0.39 is 30.7 Å². The second-order valence-electron chi connectivity index (χ2n) is 4.63. The maximum atomic E-state index is 10.5. The molecule has 1 fully saturated rings. The fraction of sp³-hybridized carbons (Fsp3) is 0.455. The molecule has 0 aliphatic carbocycles. The largest absolute Gasteiger partial charge is 0.394 e. The van der Waals surface area contributed by atoms with E-state index in [9.17, 15) is 15.3 Å². The van der Waals surface area contributed by atoms with Gasteiger partial charge in [-0.15, -0.1) is 0 Å². The first kappa shape index (κ1) is 13.2. The Morgan fingerprint density at radius 1 is 1.40 bits per heavy atom. The molecule has 1 aliphatic heterocycles. The Labute approximate surface area is 112 Å². The number of ether oxygens (including phenoxy) is 1. The normalized spacial score (nSPS) is 33.9. The Kier molecular flexibility index (Phi) is 2.88. The highest BCUT2D eigenvalue weighted by Gasteiger charge is 2.55. The SMILES string of the molecule is Nc1ncnn2c(C3(O)O[C@H](CO)[C@@H](O)[C@H]3O)ccc12. The number of aliphatic hydroxyl groups is 4. The maximum Gasteiger partial charge on any atom is 0.240 e. The van der Waals surface area contributed by atoms with Gasteiger partial charge in [-0.1, -0.05) is 0 Å². The molecule has 108 valence electrons. The molecule has 9 heteroatoms. The summed E-state index contributed by atoms with van der Waals surface area (Å²) in [4.78, 5) is 3.81. The van der Waals surface area contributed by atoms with Gasteiger partial charge in [0, 0.05) is 0 Å². The highest BCUT2D eigenvalue weighted by molar-refractivity contribution is 5.65. The molecule has 0 bridgehead atoms. The van der Waals surface area contributed by atoms with E-state index in [0.717, 1.165) is 0 Å².